The van der Waals surface area contributed by atoms with Crippen LogP contribution >= 0.6 is 0 Å². The highest BCUT2D eigenvalue weighted by Gasteiger charge is 2.73. The fourth-order valence-corrected chi connectivity index (χ4v) is 7.39. The van der Waals surface area contributed by atoms with Gasteiger partial charge in [0.2, 0.25) is 0 Å². The van der Waals surface area contributed by atoms with Crippen molar-refractivity contribution in [3.05, 3.63) is 12.2 Å². The normalized spacial score (nSPS) is 55.9. The molecule has 0 radical (unpaired) electrons. The first-order chi connectivity index (χ1) is 11.1. The van der Waals surface area contributed by atoms with Gasteiger partial charge in [-0.05, 0) is 48.5 Å². The van der Waals surface area contributed by atoms with E-state index >= 15 is 0 Å². The molecule has 0 saturated heterocycles. The number of fused-ring (bicyclic) bond motifs is 3. The predicted octanol–water partition coefficient (Wildman–Crippen LogP) is 2.07. The summed E-state index contributed by atoms with van der Waals surface area (Å²) in [7, 11) is 0. The number of aliphatic hydroxyl groups is 3. The van der Waals surface area contributed by atoms with E-state index in [1.54, 1.807) is 0 Å². The molecular formula is C20H30O4. The van der Waals surface area contributed by atoms with Crippen molar-refractivity contribution in [2.45, 2.75) is 71.2 Å². The van der Waals surface area contributed by atoms with Crippen LogP contribution in [0.15, 0.2) is 12.2 Å². The largest absolute Gasteiger partial charge is 0.392 e. The molecule has 134 valence electrons. The second-order valence-corrected chi connectivity index (χ2v) is 9.61. The second-order valence-electron chi connectivity index (χ2n) is 9.61. The molecule has 3 N–H and O–H groups in total. The van der Waals surface area contributed by atoms with E-state index in [0.717, 1.165) is 19.3 Å². The Morgan fingerprint density at radius 2 is 1.75 bits per heavy atom. The molecule has 0 amide bonds. The molecule has 4 aliphatic carbocycles. The van der Waals surface area contributed by atoms with Crippen LogP contribution < -0.4 is 0 Å². The Balaban J connectivity index is 1.87. The summed E-state index contributed by atoms with van der Waals surface area (Å²) in [5.74, 6) is 0.274. The average molecular weight is 334 g/mol. The van der Waals surface area contributed by atoms with E-state index in [4.69, 9.17) is 0 Å². The van der Waals surface area contributed by atoms with Gasteiger partial charge in [0, 0.05) is 17.8 Å². The Kier molecular flexibility index (Phi) is 3.29. The van der Waals surface area contributed by atoms with E-state index in [1.165, 1.54) is 0 Å². The maximum absolute atomic E-state index is 12.5. The molecular weight excluding hydrogens is 304 g/mol. The standard InChI is InChI=1S/C20H30O4/c1-10-11-5-6-12-19(4)8-7-14(21)18(2,3)13(19)9-15(22)20(12,16(10)23)17(11)24/h11-13,15-17,22-24H,1,5-9H2,2-4H3/t11-,12-,13+,15+,16-,17+,19-,20-/m0/s1. The zero-order valence-corrected chi connectivity index (χ0v) is 15.0. The number of aliphatic hydroxyl groups excluding tert-OH is 3. The van der Waals surface area contributed by atoms with E-state index in [9.17, 15) is 20.1 Å². The molecule has 8 atom stereocenters. The van der Waals surface area contributed by atoms with Crippen LogP contribution in [0.3, 0.4) is 0 Å². The van der Waals surface area contributed by atoms with E-state index in [1.807, 2.05) is 13.8 Å². The zero-order chi connectivity index (χ0) is 17.7. The highest BCUT2D eigenvalue weighted by molar-refractivity contribution is 5.85. The molecule has 24 heavy (non-hydrogen) atoms. The van der Waals surface area contributed by atoms with Crippen LogP contribution in [0.4, 0.5) is 0 Å². The van der Waals surface area contributed by atoms with Crippen molar-refractivity contribution in [2.75, 3.05) is 0 Å². The minimum absolute atomic E-state index is 0.0200. The van der Waals surface area contributed by atoms with Crippen LogP contribution in [0, 0.1) is 34.0 Å². The van der Waals surface area contributed by atoms with Crippen LogP contribution in [-0.2, 0) is 4.79 Å². The van der Waals surface area contributed by atoms with Crippen molar-refractivity contribution >= 4 is 5.78 Å². The van der Waals surface area contributed by atoms with Gasteiger partial charge in [-0.1, -0.05) is 27.4 Å². The van der Waals surface area contributed by atoms with Crippen molar-refractivity contribution in [1.29, 1.82) is 0 Å². The van der Waals surface area contributed by atoms with Crippen molar-refractivity contribution < 1.29 is 20.1 Å². The van der Waals surface area contributed by atoms with Gasteiger partial charge >= 0.3 is 0 Å². The number of carbonyl (C=O) groups excluding carboxylic acids is 1. The minimum atomic E-state index is -0.901. The summed E-state index contributed by atoms with van der Waals surface area (Å²) in [6, 6.07) is 0. The Morgan fingerprint density at radius 3 is 2.42 bits per heavy atom. The molecule has 4 aliphatic rings. The quantitative estimate of drug-likeness (QED) is 0.593. The third-order valence-electron chi connectivity index (χ3n) is 8.67. The first-order valence-electron chi connectivity index (χ1n) is 9.35. The van der Waals surface area contributed by atoms with Crippen LogP contribution in [0.1, 0.15) is 52.9 Å². The third kappa shape index (κ3) is 1.59. The number of Topliss-reactive ketones (excluding diaryl/α,β-unsaturated/α-hetero) is 1. The zero-order valence-electron chi connectivity index (χ0n) is 15.0. The first kappa shape index (κ1) is 16.7. The van der Waals surface area contributed by atoms with Crippen LogP contribution in [0.5, 0.6) is 0 Å². The molecule has 4 rings (SSSR count). The lowest BCUT2D eigenvalue weighted by atomic mass is 9.39. The van der Waals surface area contributed by atoms with Crippen molar-refractivity contribution in [3.63, 3.8) is 0 Å². The summed E-state index contributed by atoms with van der Waals surface area (Å²) in [5, 5.41) is 33.2. The van der Waals surface area contributed by atoms with Gasteiger partial charge in [0.15, 0.2) is 0 Å². The van der Waals surface area contributed by atoms with E-state index in [-0.39, 0.29) is 29.0 Å². The second kappa shape index (κ2) is 4.72. The lowest BCUT2D eigenvalue weighted by molar-refractivity contribution is -0.248. The lowest BCUT2D eigenvalue weighted by Crippen LogP contribution is -2.68. The molecule has 0 aromatic carbocycles. The van der Waals surface area contributed by atoms with E-state index in [0.29, 0.717) is 18.4 Å². The van der Waals surface area contributed by atoms with Gasteiger partial charge in [-0.2, -0.15) is 0 Å². The van der Waals surface area contributed by atoms with Crippen LogP contribution in [0.25, 0.3) is 0 Å². The fourth-order valence-electron chi connectivity index (χ4n) is 7.39. The summed E-state index contributed by atoms with van der Waals surface area (Å²) in [4.78, 5) is 12.5. The molecule has 4 saturated carbocycles. The lowest BCUT2D eigenvalue weighted by Gasteiger charge is -2.65. The number of ketones is 1. The van der Waals surface area contributed by atoms with Crippen molar-refractivity contribution in [1.82, 2.24) is 0 Å². The fraction of sp³-hybridized carbons (Fsp3) is 0.850. The summed E-state index contributed by atoms with van der Waals surface area (Å²) >= 11 is 0. The van der Waals surface area contributed by atoms with Crippen molar-refractivity contribution in [2.24, 2.45) is 34.0 Å². The first-order valence-corrected chi connectivity index (χ1v) is 9.35. The molecule has 2 bridgehead atoms. The smallest absolute Gasteiger partial charge is 0.138 e. The molecule has 4 nitrogen and oxygen atoms in total. The van der Waals surface area contributed by atoms with E-state index < -0.39 is 29.1 Å². The van der Waals surface area contributed by atoms with Gasteiger partial charge in [0.05, 0.1) is 23.7 Å². The Labute approximate surface area is 144 Å². The van der Waals surface area contributed by atoms with Gasteiger partial charge in [-0.25, -0.2) is 0 Å². The number of hydrogen-bond donors (Lipinski definition) is 3. The third-order valence-corrected chi connectivity index (χ3v) is 8.67. The van der Waals surface area contributed by atoms with Crippen molar-refractivity contribution in [3.8, 4) is 0 Å². The molecule has 0 unspecified atom stereocenters. The van der Waals surface area contributed by atoms with Crippen LogP contribution in [-0.4, -0.2) is 39.4 Å². The van der Waals surface area contributed by atoms with Gasteiger partial charge in [0.25, 0.3) is 0 Å². The molecule has 4 heteroatoms. The SMILES string of the molecule is C=C1[C@@H]2CC[C@H]3[C@]4(C)CCC(=O)C(C)(C)[C@H]4C[C@@H](O)[C@]3([C@@H]2O)[C@H]1O. The Bertz CT molecular complexity index is 611. The van der Waals surface area contributed by atoms with Crippen LogP contribution in [0.2, 0.25) is 0 Å². The number of carbonyl (C=O) groups is 1. The van der Waals surface area contributed by atoms with Gasteiger partial charge in [0.1, 0.15) is 5.78 Å². The molecule has 4 fully saturated rings. The monoisotopic (exact) mass is 334 g/mol. The minimum Gasteiger partial charge on any atom is -0.392 e. The molecule has 0 heterocycles. The van der Waals surface area contributed by atoms with Gasteiger partial charge in [-0.15, -0.1) is 0 Å². The topological polar surface area (TPSA) is 77.8 Å². The summed E-state index contributed by atoms with van der Waals surface area (Å²) < 4.78 is 0. The summed E-state index contributed by atoms with van der Waals surface area (Å²) in [5.41, 5.74) is -0.814. The highest BCUT2D eigenvalue weighted by atomic mass is 16.3. The van der Waals surface area contributed by atoms with Gasteiger partial charge < -0.3 is 15.3 Å². The molecule has 0 aromatic heterocycles. The Hall–Kier alpha value is -0.710. The maximum atomic E-state index is 12.5. The molecule has 1 spiro atoms. The Morgan fingerprint density at radius 1 is 1.08 bits per heavy atom. The maximum Gasteiger partial charge on any atom is 0.138 e. The van der Waals surface area contributed by atoms with Gasteiger partial charge in [-0.3, -0.25) is 4.79 Å². The predicted molar refractivity (Wildman–Crippen MR) is 90.0 cm³/mol. The summed E-state index contributed by atoms with van der Waals surface area (Å²) in [6.07, 6.45) is 1.14. The molecule has 0 aliphatic heterocycles. The average Bonchev–Trinajstić information content (AvgIpc) is 2.64. The highest BCUT2D eigenvalue weighted by Crippen LogP contribution is 2.71. The molecule has 0 aromatic rings. The number of rotatable bonds is 0. The summed E-state index contributed by atoms with van der Waals surface area (Å²) in [6.45, 7) is 10.3. The van der Waals surface area contributed by atoms with E-state index in [2.05, 4.69) is 13.5 Å². The number of hydrogen-bond acceptors (Lipinski definition) is 4.